The van der Waals surface area contributed by atoms with E-state index in [1.807, 2.05) is 21.1 Å². The van der Waals surface area contributed by atoms with Crippen molar-refractivity contribution in [1.82, 2.24) is 0 Å². The van der Waals surface area contributed by atoms with E-state index in [0.29, 0.717) is 11.0 Å². The fourth-order valence-electron chi connectivity index (χ4n) is 1.67. The van der Waals surface area contributed by atoms with E-state index in [4.69, 9.17) is 14.6 Å². The summed E-state index contributed by atoms with van der Waals surface area (Å²) in [5.74, 6) is -2.28. The Hall–Kier alpha value is -1.97. The molecule has 0 aliphatic heterocycles. The van der Waals surface area contributed by atoms with E-state index >= 15 is 0 Å². The van der Waals surface area contributed by atoms with Gasteiger partial charge in [0.15, 0.2) is 6.10 Å². The van der Waals surface area contributed by atoms with E-state index < -0.39 is 36.7 Å². The normalized spacial score (nSPS) is 14.1. The second kappa shape index (κ2) is 10.7. The average Bonchev–Trinajstić information content (AvgIpc) is 2.46. The predicted molar refractivity (Wildman–Crippen MR) is 82.6 cm³/mol. The third-order valence-corrected chi connectivity index (χ3v) is 2.63. The highest BCUT2D eigenvalue weighted by Gasteiger charge is 2.22. The Bertz CT molecular complexity index is 455. The van der Waals surface area contributed by atoms with Crippen molar-refractivity contribution in [3.8, 4) is 0 Å². The summed E-state index contributed by atoms with van der Waals surface area (Å²) < 4.78 is 14.5. The summed E-state index contributed by atoms with van der Waals surface area (Å²) in [5.41, 5.74) is 0. The SMILES string of the molecule is COC(=O)/C=C/C(=O)OCC(CO)OC(=O)C[C@@H](O)C[N+](C)(C)C. The minimum Gasteiger partial charge on any atom is -0.466 e. The molecule has 0 amide bonds. The van der Waals surface area contributed by atoms with Crippen LogP contribution in [0.3, 0.4) is 0 Å². The monoisotopic (exact) mass is 348 g/mol. The number of rotatable bonds is 10. The molecule has 0 saturated heterocycles. The quantitative estimate of drug-likeness (QED) is 0.215. The molecular formula is C15H26NO8+. The van der Waals surface area contributed by atoms with Crippen molar-refractivity contribution < 1.29 is 43.3 Å². The Morgan fingerprint density at radius 1 is 1.12 bits per heavy atom. The van der Waals surface area contributed by atoms with Gasteiger partial charge in [0, 0.05) is 12.2 Å². The van der Waals surface area contributed by atoms with Crippen LogP contribution in [-0.2, 0) is 28.6 Å². The van der Waals surface area contributed by atoms with Gasteiger partial charge in [-0.3, -0.25) is 4.79 Å². The number of aliphatic hydroxyl groups is 2. The number of methoxy groups -OCH3 is 1. The van der Waals surface area contributed by atoms with Crippen LogP contribution in [0.15, 0.2) is 12.2 Å². The molecule has 0 aliphatic rings. The lowest BCUT2D eigenvalue weighted by Gasteiger charge is -2.26. The molecule has 0 fully saturated rings. The first-order valence-corrected chi connectivity index (χ1v) is 7.29. The van der Waals surface area contributed by atoms with Crippen molar-refractivity contribution in [2.24, 2.45) is 0 Å². The van der Waals surface area contributed by atoms with Crippen LogP contribution in [0.5, 0.6) is 0 Å². The Kier molecular flexibility index (Phi) is 9.86. The zero-order chi connectivity index (χ0) is 18.8. The topological polar surface area (TPSA) is 119 Å². The lowest BCUT2D eigenvalue weighted by atomic mass is 10.2. The molecule has 138 valence electrons. The fourth-order valence-corrected chi connectivity index (χ4v) is 1.67. The number of ether oxygens (including phenoxy) is 3. The van der Waals surface area contributed by atoms with Crippen molar-refractivity contribution >= 4 is 17.9 Å². The zero-order valence-corrected chi connectivity index (χ0v) is 14.4. The molecule has 0 radical (unpaired) electrons. The molecule has 0 saturated carbocycles. The first-order chi connectivity index (χ1) is 11.1. The summed E-state index contributed by atoms with van der Waals surface area (Å²) in [5, 5.41) is 18.9. The highest BCUT2D eigenvalue weighted by Crippen LogP contribution is 2.04. The second-order valence-electron chi connectivity index (χ2n) is 6.11. The van der Waals surface area contributed by atoms with Gasteiger partial charge in [-0.1, -0.05) is 0 Å². The Morgan fingerprint density at radius 3 is 2.21 bits per heavy atom. The van der Waals surface area contributed by atoms with Crippen LogP contribution in [0.4, 0.5) is 0 Å². The van der Waals surface area contributed by atoms with Crippen LogP contribution >= 0.6 is 0 Å². The summed E-state index contributed by atoms with van der Waals surface area (Å²) in [6.07, 6.45) is -0.440. The van der Waals surface area contributed by atoms with Crippen LogP contribution in [0.2, 0.25) is 0 Å². The molecule has 2 N–H and O–H groups in total. The molecule has 0 heterocycles. The first-order valence-electron chi connectivity index (χ1n) is 7.29. The molecule has 0 spiro atoms. The van der Waals surface area contributed by atoms with Crippen molar-refractivity contribution in [3.05, 3.63) is 12.2 Å². The van der Waals surface area contributed by atoms with E-state index in [1.54, 1.807) is 0 Å². The number of hydrogen-bond acceptors (Lipinski definition) is 8. The number of aliphatic hydroxyl groups excluding tert-OH is 2. The van der Waals surface area contributed by atoms with Crippen molar-refractivity contribution in [3.63, 3.8) is 0 Å². The van der Waals surface area contributed by atoms with Crippen LogP contribution in [0.25, 0.3) is 0 Å². The molecule has 0 aromatic heterocycles. The lowest BCUT2D eigenvalue weighted by Crippen LogP contribution is -2.42. The van der Waals surface area contributed by atoms with Gasteiger partial charge in [0.2, 0.25) is 0 Å². The molecule has 0 rings (SSSR count). The van der Waals surface area contributed by atoms with E-state index in [-0.39, 0.29) is 13.0 Å². The minimum absolute atomic E-state index is 0.234. The maximum atomic E-state index is 11.7. The van der Waals surface area contributed by atoms with Crippen molar-refractivity contribution in [2.45, 2.75) is 18.6 Å². The van der Waals surface area contributed by atoms with Gasteiger partial charge < -0.3 is 28.9 Å². The van der Waals surface area contributed by atoms with E-state index in [0.717, 1.165) is 19.3 Å². The maximum Gasteiger partial charge on any atom is 0.331 e. The predicted octanol–water partition coefficient (Wildman–Crippen LogP) is -1.38. The van der Waals surface area contributed by atoms with E-state index in [1.165, 1.54) is 0 Å². The standard InChI is InChI=1S/C15H26NO8/c1-16(2,3)8-11(18)7-15(21)24-12(9-17)10-23-14(20)6-5-13(19)22-4/h5-6,11-12,17-18H,7-10H2,1-4H3/q+1/b6-5+/t11-,12?/m1/s1. The highest BCUT2D eigenvalue weighted by molar-refractivity contribution is 5.91. The molecule has 1 unspecified atom stereocenters. The number of quaternary nitrogens is 1. The van der Waals surface area contributed by atoms with E-state index in [2.05, 4.69) is 4.74 Å². The first kappa shape index (κ1) is 22.0. The lowest BCUT2D eigenvalue weighted by molar-refractivity contribution is -0.873. The molecular weight excluding hydrogens is 322 g/mol. The van der Waals surface area contributed by atoms with Gasteiger partial charge in [0.25, 0.3) is 0 Å². The zero-order valence-electron chi connectivity index (χ0n) is 14.4. The van der Waals surface area contributed by atoms with Gasteiger partial charge in [-0.25, -0.2) is 9.59 Å². The van der Waals surface area contributed by atoms with Gasteiger partial charge >= 0.3 is 17.9 Å². The molecule has 9 nitrogen and oxygen atoms in total. The van der Waals surface area contributed by atoms with Gasteiger partial charge in [-0.15, -0.1) is 0 Å². The minimum atomic E-state index is -1.05. The largest absolute Gasteiger partial charge is 0.466 e. The van der Waals surface area contributed by atoms with Crippen molar-refractivity contribution in [2.75, 3.05) is 48.0 Å². The van der Waals surface area contributed by atoms with Gasteiger partial charge in [-0.2, -0.15) is 0 Å². The molecule has 0 bridgehead atoms. The van der Waals surface area contributed by atoms with Crippen molar-refractivity contribution in [1.29, 1.82) is 0 Å². The third kappa shape index (κ3) is 11.6. The van der Waals surface area contributed by atoms with Gasteiger partial charge in [-0.05, 0) is 0 Å². The van der Waals surface area contributed by atoms with Gasteiger partial charge in [0.1, 0.15) is 19.3 Å². The molecule has 9 heteroatoms. The summed E-state index contributed by atoms with van der Waals surface area (Å²) in [6.45, 7) is -0.574. The molecule has 0 aliphatic carbocycles. The molecule has 0 aromatic carbocycles. The van der Waals surface area contributed by atoms with Gasteiger partial charge in [0.05, 0.1) is 41.3 Å². The summed E-state index contributed by atoms with van der Waals surface area (Å²) >= 11 is 0. The maximum absolute atomic E-state index is 11.7. The number of hydrogen-bond donors (Lipinski definition) is 2. The average molecular weight is 348 g/mol. The fraction of sp³-hybridized carbons (Fsp3) is 0.667. The molecule has 2 atom stereocenters. The molecule has 0 aromatic rings. The number of likely N-dealkylation sites (N-methyl/N-ethyl adjacent to an activating group) is 1. The van der Waals surface area contributed by atoms with E-state index in [9.17, 15) is 19.5 Å². The summed E-state index contributed by atoms with van der Waals surface area (Å²) in [4.78, 5) is 33.8. The number of esters is 3. The Morgan fingerprint density at radius 2 is 1.71 bits per heavy atom. The van der Waals surface area contributed by atoms with Crippen LogP contribution in [0.1, 0.15) is 6.42 Å². The third-order valence-electron chi connectivity index (χ3n) is 2.63. The Balaban J connectivity index is 4.26. The highest BCUT2D eigenvalue weighted by atomic mass is 16.6. The summed E-state index contributed by atoms with van der Waals surface area (Å²) in [7, 11) is 6.76. The molecule has 24 heavy (non-hydrogen) atoms. The van der Waals surface area contributed by atoms with Crippen LogP contribution in [-0.4, -0.2) is 92.8 Å². The van der Waals surface area contributed by atoms with Crippen LogP contribution in [0, 0.1) is 0 Å². The Labute approximate surface area is 141 Å². The smallest absolute Gasteiger partial charge is 0.331 e. The van der Waals surface area contributed by atoms with Crippen LogP contribution < -0.4 is 0 Å². The number of carbonyl (C=O) groups is 3. The second-order valence-corrected chi connectivity index (χ2v) is 6.11. The number of nitrogens with zero attached hydrogens (tertiary/aromatic N) is 1. The summed E-state index contributed by atoms with van der Waals surface area (Å²) in [6, 6.07) is 0. The number of carbonyl (C=O) groups excluding carboxylic acids is 3.